The van der Waals surface area contributed by atoms with Crippen LogP contribution in [0.3, 0.4) is 0 Å². The molecule has 0 N–H and O–H groups in total. The first kappa shape index (κ1) is 119. The molecule has 0 bridgehead atoms. The second kappa shape index (κ2) is 66.6. The molecule has 20 heteroatoms. The number of carbonyl (C=O) groups is 8. The minimum atomic E-state index is -1.59. The number of hydrogen-bond donors (Lipinski definition) is 0. The second-order valence-electron chi connectivity index (χ2n) is 35.7. The van der Waals surface area contributed by atoms with Crippen molar-refractivity contribution >= 4 is 64.0 Å². The van der Waals surface area contributed by atoms with Crippen LogP contribution in [0.1, 0.15) is 312 Å². The van der Waals surface area contributed by atoms with Gasteiger partial charge in [0.05, 0.1) is 53.8 Å². The lowest BCUT2D eigenvalue weighted by Gasteiger charge is -2.31. The van der Waals surface area contributed by atoms with Gasteiger partial charge >= 0.3 is 35.8 Å². The van der Waals surface area contributed by atoms with Gasteiger partial charge in [-0.15, -0.1) is 0 Å². The molecule has 0 heterocycles. The van der Waals surface area contributed by atoms with E-state index in [1.807, 2.05) is 203 Å². The molecular weight excluding hydrogens is 1580 g/mol. The number of nitrogens with zero attached hydrogens (tertiary/aromatic N) is 1. The van der Waals surface area contributed by atoms with Crippen molar-refractivity contribution in [1.29, 1.82) is 0 Å². The van der Waals surface area contributed by atoms with Crippen LogP contribution >= 0.6 is 0 Å². The maximum absolute atomic E-state index is 12.7. The second-order valence-corrected chi connectivity index (χ2v) is 44.8. The van der Waals surface area contributed by atoms with Gasteiger partial charge in [0.15, 0.2) is 28.2 Å². The zero-order valence-electron chi connectivity index (χ0n) is 79.9. The molecule has 5 aromatic carbocycles. The van der Waals surface area contributed by atoms with Crippen LogP contribution in [0.4, 0.5) is 0 Å². The highest BCUT2D eigenvalue weighted by Crippen LogP contribution is 2.28. The van der Waals surface area contributed by atoms with E-state index in [9.17, 15) is 38.4 Å². The summed E-state index contributed by atoms with van der Waals surface area (Å²) in [4.78, 5) is 96.1. The minimum absolute atomic E-state index is 0. The molecule has 5 rings (SSSR count). The minimum Gasteiger partial charge on any atom is -0.490 e. The summed E-state index contributed by atoms with van der Waals surface area (Å²) in [5.74, 6) is 0.247. The number of ether oxygens (including phenoxy) is 8. The fourth-order valence-electron chi connectivity index (χ4n) is 11.1. The summed E-state index contributed by atoms with van der Waals surface area (Å²) >= 11 is 0. The summed E-state index contributed by atoms with van der Waals surface area (Å²) < 4.78 is 48.1. The van der Waals surface area contributed by atoms with Crippen LogP contribution in [0, 0.1) is 33.5 Å². The molecule has 123 heavy (non-hydrogen) atoms. The Balaban J connectivity index is -0.00000145. The van der Waals surface area contributed by atoms with Gasteiger partial charge in [-0.2, -0.15) is 0 Å². The predicted molar refractivity (Wildman–Crippen MR) is 514 cm³/mol. The van der Waals surface area contributed by atoms with Crippen LogP contribution in [0.5, 0.6) is 11.5 Å². The van der Waals surface area contributed by atoms with Gasteiger partial charge in [0.2, 0.25) is 0 Å². The van der Waals surface area contributed by atoms with Crippen molar-refractivity contribution in [1.82, 2.24) is 4.90 Å². The first-order valence-electron chi connectivity index (χ1n) is 45.1. The SMILES string of the molecule is C.C.CCC(C)(C)C(=O)OC.CCC(C)(C)C(=O)OCCC[Si](C)(C)O[Si](C)(C)C.CCC(C)(C)C(=O)OCCN(C)C.CCC(C)C(=O)OCCOc1ccc(C(=O)c2ccc(-c3ccccc3)cc2)cc1.CCC(C)C(=O)OCCOc1ccc(C(=O)c2ccccc2)cc1.CCCCCCCCCCCCCCCCCCOC(=O)C(C)(C)CC. The van der Waals surface area contributed by atoms with Gasteiger partial charge in [-0.3, -0.25) is 38.4 Å². The lowest BCUT2D eigenvalue weighted by molar-refractivity contribution is -0.155. The number of unbranched alkanes of at least 4 members (excludes halogenated alkanes) is 15. The number of likely N-dealkylation sites (N-methyl/N-ethyl adjacent to an activating group) is 1. The Labute approximate surface area is 749 Å². The number of ketones is 2. The molecule has 18 nitrogen and oxygen atoms in total. The number of hydrogen-bond acceptors (Lipinski definition) is 18. The van der Waals surface area contributed by atoms with Crippen molar-refractivity contribution in [2.45, 2.75) is 319 Å². The van der Waals surface area contributed by atoms with Crippen LogP contribution in [-0.4, -0.2) is 143 Å². The van der Waals surface area contributed by atoms with Crippen molar-refractivity contribution in [2.24, 2.45) is 33.5 Å². The molecule has 5 aromatic rings. The maximum Gasteiger partial charge on any atom is 0.311 e. The van der Waals surface area contributed by atoms with Gasteiger partial charge in [0.25, 0.3) is 0 Å². The fraction of sp³-hybridized carbons (Fsp3) is 0.631. The fourth-order valence-corrected chi connectivity index (χ4v) is 19.1. The molecule has 2 atom stereocenters. The standard InChI is InChI=1S/C26H26O4.C24H48O2.C20H22O4.C14H32O3Si2.C10H21NO2.C7H14O2.2CH4/c1-3-19(2)26(28)30-18-17-29-24-15-13-23(14-16-24)25(27)22-11-9-21(10-12-22)20-7-5-4-6-8-20;1-5-7-8-9-10-11-12-13-14-15-16-17-18-19-20-21-22-26-23(25)24(3,4)6-2;1-3-15(2)20(22)24-14-13-23-18-11-9-17(10-12-18)19(21)16-7-5-4-6-8-16;1-9-14(2,3)13(15)16-11-10-12-19(7,8)17-18(4,5)6;1-6-10(2,3)9(12)13-8-7-11(4)5;1-5-7(2,3)6(8)9-4;;/h4-16,19H,3,17-18H2,1-2H3;5-22H2,1-4H3;4-12,15H,3,13-14H2,1-2H3;9-12H2,1-8H3;6-8H2,1-5H3;5H2,1-4H3;2*1H4. The normalized spacial score (nSPS) is 11.7. The van der Waals surface area contributed by atoms with Crippen molar-refractivity contribution in [3.05, 3.63) is 156 Å². The molecule has 0 fully saturated rings. The van der Waals surface area contributed by atoms with Crippen molar-refractivity contribution in [2.75, 3.05) is 74.0 Å². The Morgan fingerprint density at radius 3 is 0.967 bits per heavy atom. The molecule has 0 radical (unpaired) electrons. The first-order chi connectivity index (χ1) is 57.1. The summed E-state index contributed by atoms with van der Waals surface area (Å²) in [6.07, 6.45) is 27.6. The smallest absolute Gasteiger partial charge is 0.311 e. The van der Waals surface area contributed by atoms with Crippen LogP contribution in [0.25, 0.3) is 11.1 Å². The molecule has 0 saturated heterocycles. The maximum atomic E-state index is 12.7. The molecule has 698 valence electrons. The van der Waals surface area contributed by atoms with E-state index < -0.39 is 16.6 Å². The van der Waals surface area contributed by atoms with Gasteiger partial charge < -0.3 is 46.9 Å². The zero-order valence-corrected chi connectivity index (χ0v) is 81.9. The Morgan fingerprint density at radius 1 is 0.350 bits per heavy atom. The molecule has 2 unspecified atom stereocenters. The lowest BCUT2D eigenvalue weighted by Crippen LogP contribution is -2.42. The van der Waals surface area contributed by atoms with E-state index in [0.717, 1.165) is 75.1 Å². The average Bonchev–Trinajstić information content (AvgIpc) is 0.833. The van der Waals surface area contributed by atoms with Gasteiger partial charge in [-0.05, 0) is 219 Å². The van der Waals surface area contributed by atoms with Gasteiger partial charge in [-0.25, -0.2) is 0 Å². The summed E-state index contributed by atoms with van der Waals surface area (Å²) in [5, 5.41) is 0. The molecular formula is C103H171NO17Si2. The average molecular weight is 1750 g/mol. The number of methoxy groups -OCH3 is 1. The van der Waals surface area contributed by atoms with E-state index in [1.165, 1.54) is 103 Å². The van der Waals surface area contributed by atoms with Gasteiger partial charge in [0.1, 0.15) is 44.5 Å². The zero-order chi connectivity index (χ0) is 91.5. The number of esters is 6. The molecule has 0 amide bonds. The van der Waals surface area contributed by atoms with E-state index >= 15 is 0 Å². The summed E-state index contributed by atoms with van der Waals surface area (Å²) in [5.41, 5.74) is 3.36. The highest BCUT2D eigenvalue weighted by molar-refractivity contribution is 6.84. The first-order valence-corrected chi connectivity index (χ1v) is 51.6. The third-order valence-electron chi connectivity index (χ3n) is 21.4. The quantitative estimate of drug-likeness (QED) is 0.0116. The monoisotopic (exact) mass is 1750 g/mol. The van der Waals surface area contributed by atoms with E-state index in [4.69, 9.17) is 37.3 Å². The van der Waals surface area contributed by atoms with Crippen LogP contribution < -0.4 is 9.47 Å². The lowest BCUT2D eigenvalue weighted by atomic mass is 9.91. The van der Waals surface area contributed by atoms with Gasteiger partial charge in [-0.1, -0.05) is 258 Å². The van der Waals surface area contributed by atoms with E-state index in [2.05, 4.69) is 44.4 Å². The number of rotatable bonds is 51. The van der Waals surface area contributed by atoms with Crippen LogP contribution in [0.15, 0.2) is 133 Å². The third-order valence-corrected chi connectivity index (χ3v) is 27.6. The van der Waals surface area contributed by atoms with Crippen molar-refractivity contribution in [3.63, 3.8) is 0 Å². The summed E-state index contributed by atoms with van der Waals surface area (Å²) in [7, 11) is 2.28. The van der Waals surface area contributed by atoms with Crippen molar-refractivity contribution in [3.8, 4) is 22.6 Å². The molecule has 0 spiro atoms. The predicted octanol–water partition coefficient (Wildman–Crippen LogP) is 26.5. The largest absolute Gasteiger partial charge is 0.490 e. The Hall–Kier alpha value is -7.79. The number of benzene rings is 5. The highest BCUT2D eigenvalue weighted by Gasteiger charge is 2.32. The molecule has 0 saturated carbocycles. The van der Waals surface area contributed by atoms with Crippen molar-refractivity contribution < 1.29 is 80.4 Å². The molecule has 0 aliphatic heterocycles. The Morgan fingerprint density at radius 2 is 0.650 bits per heavy atom. The summed E-state index contributed by atoms with van der Waals surface area (Å²) in [6.45, 7) is 47.8. The summed E-state index contributed by atoms with van der Waals surface area (Å²) in [6, 6.07) is 41.8. The molecule has 0 aromatic heterocycles. The topological polar surface area (TPSA) is 223 Å². The Kier molecular flexibility index (Phi) is 64.7. The highest BCUT2D eigenvalue weighted by atomic mass is 28.4. The molecule has 0 aliphatic rings. The third kappa shape index (κ3) is 55.3. The van der Waals surface area contributed by atoms with E-state index in [-0.39, 0.29) is 122 Å². The van der Waals surface area contributed by atoms with Gasteiger partial charge in [0, 0.05) is 28.8 Å². The Bertz CT molecular complexity index is 3610. The van der Waals surface area contributed by atoms with Crippen LogP contribution in [-0.2, 0) is 61.3 Å². The van der Waals surface area contributed by atoms with E-state index in [1.54, 1.807) is 60.7 Å². The van der Waals surface area contributed by atoms with E-state index in [0.29, 0.717) is 53.6 Å². The molecule has 0 aliphatic carbocycles. The number of carbonyl (C=O) groups excluding carboxylic acids is 8. The van der Waals surface area contributed by atoms with Crippen LogP contribution in [0.2, 0.25) is 38.8 Å².